The highest BCUT2D eigenvalue weighted by Crippen LogP contribution is 2.27. The molecule has 1 amide bonds. The number of benzene rings is 1. The lowest BCUT2D eigenvalue weighted by atomic mass is 10.0. The molecule has 1 aliphatic rings. The molecule has 0 saturated carbocycles. The maximum atomic E-state index is 11.2. The predicted octanol–water partition coefficient (Wildman–Crippen LogP) is 1.97. The highest BCUT2D eigenvalue weighted by molar-refractivity contribution is 5.77. The molecule has 3 nitrogen and oxygen atoms in total. The van der Waals surface area contributed by atoms with Crippen molar-refractivity contribution in [1.29, 1.82) is 0 Å². The van der Waals surface area contributed by atoms with Crippen molar-refractivity contribution >= 4 is 12.1 Å². The highest BCUT2D eigenvalue weighted by atomic mass is 16.2. The number of hydrogen-bond acceptors (Lipinski definition) is 2. The van der Waals surface area contributed by atoms with Crippen LogP contribution in [0.5, 0.6) is 0 Å². The minimum Gasteiger partial charge on any atom is -0.273 e. The van der Waals surface area contributed by atoms with Gasteiger partial charge < -0.3 is 0 Å². The van der Waals surface area contributed by atoms with Gasteiger partial charge in [-0.1, -0.05) is 30.3 Å². The monoisotopic (exact) mass is 188 g/mol. The quantitative estimate of drug-likeness (QED) is 0.663. The molecule has 1 heterocycles. The highest BCUT2D eigenvalue weighted by Gasteiger charge is 2.25. The lowest BCUT2D eigenvalue weighted by Crippen LogP contribution is -2.24. The number of carbonyl (C=O) groups excluding carboxylic acids is 1. The third-order valence-corrected chi connectivity index (χ3v) is 2.34. The van der Waals surface area contributed by atoms with Crippen LogP contribution in [-0.4, -0.2) is 17.1 Å². The molecule has 0 aromatic heterocycles. The Labute approximate surface area is 83.0 Å². The molecule has 3 heteroatoms. The summed E-state index contributed by atoms with van der Waals surface area (Å²) < 4.78 is 0. The van der Waals surface area contributed by atoms with Crippen molar-refractivity contribution in [2.75, 3.05) is 0 Å². The molecule has 0 spiro atoms. The second kappa shape index (κ2) is 3.62. The van der Waals surface area contributed by atoms with Gasteiger partial charge in [0, 0.05) is 19.6 Å². The fourth-order valence-electron chi connectivity index (χ4n) is 1.67. The van der Waals surface area contributed by atoms with Gasteiger partial charge in [-0.25, -0.2) is 5.01 Å². The molecule has 72 valence electrons. The smallest absolute Gasteiger partial charge is 0.240 e. The maximum absolute atomic E-state index is 11.2. The van der Waals surface area contributed by atoms with Gasteiger partial charge in [0.25, 0.3) is 0 Å². The third kappa shape index (κ3) is 1.53. The fourth-order valence-corrected chi connectivity index (χ4v) is 1.67. The van der Waals surface area contributed by atoms with E-state index in [0.29, 0.717) is 0 Å². The van der Waals surface area contributed by atoms with Crippen LogP contribution >= 0.6 is 0 Å². The first-order valence-corrected chi connectivity index (χ1v) is 4.66. The van der Waals surface area contributed by atoms with Gasteiger partial charge >= 0.3 is 0 Å². The number of nitrogens with zero attached hydrogens (tertiary/aromatic N) is 2. The summed E-state index contributed by atoms with van der Waals surface area (Å²) in [7, 11) is 0. The minimum absolute atomic E-state index is 0.00685. The summed E-state index contributed by atoms with van der Waals surface area (Å²) in [6, 6.07) is 10.1. The molecule has 1 aromatic rings. The molecule has 0 fully saturated rings. The molecule has 1 aliphatic heterocycles. The second-order valence-electron chi connectivity index (χ2n) is 3.32. The van der Waals surface area contributed by atoms with Crippen molar-refractivity contribution in [3.63, 3.8) is 0 Å². The molecular formula is C11H12N2O. The number of hydrazone groups is 1. The molecule has 14 heavy (non-hydrogen) atoms. The van der Waals surface area contributed by atoms with Crippen LogP contribution < -0.4 is 0 Å². The van der Waals surface area contributed by atoms with E-state index in [0.717, 1.165) is 12.0 Å². The van der Waals surface area contributed by atoms with Gasteiger partial charge in [0.1, 0.15) is 0 Å². The van der Waals surface area contributed by atoms with E-state index in [1.807, 2.05) is 30.3 Å². The lowest BCUT2D eigenvalue weighted by Gasteiger charge is -2.20. The Kier molecular flexibility index (Phi) is 2.31. The molecule has 0 aliphatic carbocycles. The van der Waals surface area contributed by atoms with Crippen molar-refractivity contribution in [1.82, 2.24) is 5.01 Å². The van der Waals surface area contributed by atoms with Crippen molar-refractivity contribution in [3.05, 3.63) is 35.9 Å². The largest absolute Gasteiger partial charge is 0.273 e. The van der Waals surface area contributed by atoms with E-state index in [1.54, 1.807) is 13.1 Å². The predicted molar refractivity (Wildman–Crippen MR) is 54.8 cm³/mol. The van der Waals surface area contributed by atoms with Crippen LogP contribution in [0.4, 0.5) is 0 Å². The molecule has 0 saturated heterocycles. The Hall–Kier alpha value is -1.64. The van der Waals surface area contributed by atoms with Gasteiger partial charge in [-0.3, -0.25) is 4.79 Å². The van der Waals surface area contributed by atoms with Crippen molar-refractivity contribution in [2.24, 2.45) is 5.10 Å². The number of carbonyl (C=O) groups is 1. The van der Waals surface area contributed by atoms with E-state index in [9.17, 15) is 4.79 Å². The van der Waals surface area contributed by atoms with E-state index in [2.05, 4.69) is 5.10 Å². The lowest BCUT2D eigenvalue weighted by molar-refractivity contribution is -0.130. The SMILES string of the molecule is CC(=O)N1N=CCC1c1ccccc1. The van der Waals surface area contributed by atoms with E-state index < -0.39 is 0 Å². The van der Waals surface area contributed by atoms with E-state index >= 15 is 0 Å². The third-order valence-electron chi connectivity index (χ3n) is 2.34. The van der Waals surface area contributed by atoms with Crippen LogP contribution in [-0.2, 0) is 4.79 Å². The van der Waals surface area contributed by atoms with Crippen molar-refractivity contribution in [2.45, 2.75) is 19.4 Å². The summed E-state index contributed by atoms with van der Waals surface area (Å²) in [4.78, 5) is 11.2. The summed E-state index contributed by atoms with van der Waals surface area (Å²) in [5.74, 6) is -0.00685. The summed E-state index contributed by atoms with van der Waals surface area (Å²) in [5.41, 5.74) is 1.14. The summed E-state index contributed by atoms with van der Waals surface area (Å²) in [6.07, 6.45) is 2.60. The number of rotatable bonds is 1. The fraction of sp³-hybridized carbons (Fsp3) is 0.273. The summed E-state index contributed by atoms with van der Waals surface area (Å²) in [5, 5.41) is 5.59. The van der Waals surface area contributed by atoms with Gasteiger partial charge in [-0.15, -0.1) is 0 Å². The zero-order valence-corrected chi connectivity index (χ0v) is 8.05. The Morgan fingerprint density at radius 2 is 2.14 bits per heavy atom. The molecule has 2 rings (SSSR count). The average molecular weight is 188 g/mol. The van der Waals surface area contributed by atoms with Gasteiger partial charge in [-0.2, -0.15) is 5.10 Å². The standard InChI is InChI=1S/C11H12N2O/c1-9(14)13-11(7-8-12-13)10-5-3-2-4-6-10/h2-6,8,11H,7H2,1H3. The van der Waals surface area contributed by atoms with Crippen molar-refractivity contribution < 1.29 is 4.79 Å². The molecule has 0 bridgehead atoms. The van der Waals surface area contributed by atoms with Gasteiger partial charge in [0.15, 0.2) is 0 Å². The Balaban J connectivity index is 2.24. The van der Waals surface area contributed by atoms with Crippen LogP contribution in [0.25, 0.3) is 0 Å². The van der Waals surface area contributed by atoms with E-state index in [1.165, 1.54) is 5.01 Å². The first-order chi connectivity index (χ1) is 6.79. The molecule has 1 unspecified atom stereocenters. The topological polar surface area (TPSA) is 32.7 Å². The van der Waals surface area contributed by atoms with Gasteiger partial charge in [-0.05, 0) is 5.56 Å². The first kappa shape index (κ1) is 8.94. The van der Waals surface area contributed by atoms with E-state index in [-0.39, 0.29) is 11.9 Å². The Bertz CT molecular complexity index is 359. The molecular weight excluding hydrogens is 176 g/mol. The Morgan fingerprint density at radius 3 is 2.79 bits per heavy atom. The van der Waals surface area contributed by atoms with Crippen LogP contribution in [0.2, 0.25) is 0 Å². The van der Waals surface area contributed by atoms with Crippen LogP contribution in [0.3, 0.4) is 0 Å². The Morgan fingerprint density at radius 1 is 1.43 bits per heavy atom. The zero-order chi connectivity index (χ0) is 9.97. The molecule has 0 radical (unpaired) electrons. The normalized spacial score (nSPS) is 20.1. The van der Waals surface area contributed by atoms with Crippen LogP contribution in [0, 0.1) is 0 Å². The number of amides is 1. The van der Waals surface area contributed by atoms with Crippen LogP contribution in [0.15, 0.2) is 35.4 Å². The van der Waals surface area contributed by atoms with Crippen LogP contribution in [0.1, 0.15) is 24.9 Å². The molecule has 0 N–H and O–H groups in total. The van der Waals surface area contributed by atoms with Gasteiger partial charge in [0.05, 0.1) is 6.04 Å². The first-order valence-electron chi connectivity index (χ1n) is 4.66. The zero-order valence-electron chi connectivity index (χ0n) is 8.05. The molecule has 1 aromatic carbocycles. The van der Waals surface area contributed by atoms with Gasteiger partial charge in [0.2, 0.25) is 5.91 Å². The molecule has 1 atom stereocenters. The van der Waals surface area contributed by atoms with Crippen molar-refractivity contribution in [3.8, 4) is 0 Å². The summed E-state index contributed by atoms with van der Waals surface area (Å²) in [6.45, 7) is 1.54. The minimum atomic E-state index is -0.00685. The number of hydrogen-bond donors (Lipinski definition) is 0. The second-order valence-corrected chi connectivity index (χ2v) is 3.32. The average Bonchev–Trinajstić information content (AvgIpc) is 2.67. The van der Waals surface area contributed by atoms with E-state index in [4.69, 9.17) is 0 Å². The maximum Gasteiger partial charge on any atom is 0.240 e. The summed E-state index contributed by atoms with van der Waals surface area (Å²) >= 11 is 0.